The van der Waals surface area contributed by atoms with E-state index >= 15 is 0 Å². The van der Waals surface area contributed by atoms with Crippen LogP contribution < -0.4 is 0 Å². The molecule has 21 heavy (non-hydrogen) atoms. The summed E-state index contributed by atoms with van der Waals surface area (Å²) >= 11 is 0. The van der Waals surface area contributed by atoms with Crippen molar-refractivity contribution in [1.82, 2.24) is 0 Å². The fourth-order valence-corrected chi connectivity index (χ4v) is 5.37. The van der Waals surface area contributed by atoms with Gasteiger partial charge in [0.2, 0.25) is 0 Å². The fraction of sp³-hybridized carbons (Fsp3) is 0.714. The molecule has 2 aliphatic rings. The van der Waals surface area contributed by atoms with Crippen molar-refractivity contribution in [3.05, 3.63) is 35.4 Å². The fourth-order valence-electron chi connectivity index (χ4n) is 5.37. The molecule has 0 heteroatoms. The van der Waals surface area contributed by atoms with E-state index in [-0.39, 0.29) is 5.41 Å². The maximum atomic E-state index is 2.57. The highest BCUT2D eigenvalue weighted by Crippen LogP contribution is 2.68. The molecule has 0 nitrogen and oxygen atoms in total. The van der Waals surface area contributed by atoms with Crippen LogP contribution in [0.2, 0.25) is 0 Å². The summed E-state index contributed by atoms with van der Waals surface area (Å²) in [6, 6.07) is 9.15. The van der Waals surface area contributed by atoms with Crippen molar-refractivity contribution in [2.24, 2.45) is 22.7 Å². The van der Waals surface area contributed by atoms with Crippen molar-refractivity contribution < 1.29 is 0 Å². The van der Waals surface area contributed by atoms with Crippen LogP contribution in [0.15, 0.2) is 24.3 Å². The Morgan fingerprint density at radius 1 is 1.10 bits per heavy atom. The Kier molecular flexibility index (Phi) is 3.32. The molecule has 0 aromatic heterocycles. The van der Waals surface area contributed by atoms with E-state index in [0.717, 1.165) is 11.8 Å². The molecule has 0 saturated heterocycles. The third-order valence-electron chi connectivity index (χ3n) is 7.27. The number of hydrogen-bond donors (Lipinski definition) is 0. The molecule has 1 aromatic carbocycles. The molecule has 1 aromatic rings. The van der Waals surface area contributed by atoms with Crippen molar-refractivity contribution in [1.29, 1.82) is 0 Å². The number of hydrogen-bond acceptors (Lipinski definition) is 0. The molecular formula is C21H32. The molecule has 3 rings (SSSR count). The zero-order chi connectivity index (χ0) is 15.5. The molecular weight excluding hydrogens is 252 g/mol. The molecule has 116 valence electrons. The number of rotatable bonds is 2. The smallest absolute Gasteiger partial charge is 0.0129 e. The summed E-state index contributed by atoms with van der Waals surface area (Å²) in [5.74, 6) is 1.82. The lowest BCUT2D eigenvalue weighted by Crippen LogP contribution is -2.33. The Bertz CT molecular complexity index is 531. The van der Waals surface area contributed by atoms with Gasteiger partial charge in [-0.3, -0.25) is 0 Å². The molecule has 2 saturated carbocycles. The van der Waals surface area contributed by atoms with Crippen LogP contribution in [0.3, 0.4) is 0 Å². The average molecular weight is 284 g/mol. The zero-order valence-corrected chi connectivity index (χ0v) is 14.8. The zero-order valence-electron chi connectivity index (χ0n) is 14.8. The number of benzene rings is 1. The minimum atomic E-state index is 0.255. The normalized spacial score (nSPS) is 34.4. The Morgan fingerprint density at radius 3 is 2.29 bits per heavy atom. The van der Waals surface area contributed by atoms with Gasteiger partial charge >= 0.3 is 0 Å². The quantitative estimate of drug-likeness (QED) is 0.626. The van der Waals surface area contributed by atoms with Gasteiger partial charge in [-0.15, -0.1) is 0 Å². The van der Waals surface area contributed by atoms with Crippen LogP contribution in [-0.2, 0) is 11.8 Å². The van der Waals surface area contributed by atoms with E-state index in [9.17, 15) is 0 Å². The predicted molar refractivity (Wildman–Crippen MR) is 91.6 cm³/mol. The lowest BCUT2D eigenvalue weighted by Gasteiger charge is -2.40. The standard InChI is InChI=1S/C21H32/c1-19(2,3)18-10-8-7-9-15(18)13-17-14-16-11-12-21(17,6)20(16,4)5/h7-10,16-17H,11-14H2,1-6H3/t16?,17?,21-/m1/s1. The molecule has 2 unspecified atom stereocenters. The van der Waals surface area contributed by atoms with Crippen LogP contribution in [0.1, 0.15) is 71.9 Å². The van der Waals surface area contributed by atoms with Gasteiger partial charge in [0.1, 0.15) is 0 Å². The summed E-state index contributed by atoms with van der Waals surface area (Å²) in [5.41, 5.74) is 4.48. The van der Waals surface area contributed by atoms with Crippen molar-refractivity contribution in [3.63, 3.8) is 0 Å². The van der Waals surface area contributed by atoms with E-state index in [2.05, 4.69) is 65.8 Å². The summed E-state index contributed by atoms with van der Waals surface area (Å²) in [6.07, 6.45) is 5.62. The van der Waals surface area contributed by atoms with Gasteiger partial charge in [-0.2, -0.15) is 0 Å². The van der Waals surface area contributed by atoms with E-state index in [1.807, 2.05) is 0 Å². The van der Waals surface area contributed by atoms with Crippen LogP contribution in [0.4, 0.5) is 0 Å². The van der Waals surface area contributed by atoms with Crippen LogP contribution in [0.5, 0.6) is 0 Å². The van der Waals surface area contributed by atoms with Gasteiger partial charge in [0.05, 0.1) is 0 Å². The van der Waals surface area contributed by atoms with Crippen LogP contribution in [-0.4, -0.2) is 0 Å². The summed E-state index contributed by atoms with van der Waals surface area (Å²) in [6.45, 7) is 14.7. The molecule has 0 radical (unpaired) electrons. The van der Waals surface area contributed by atoms with Gasteiger partial charge < -0.3 is 0 Å². The number of fused-ring (bicyclic) bond motifs is 2. The Hall–Kier alpha value is -0.780. The van der Waals surface area contributed by atoms with Crippen molar-refractivity contribution in [3.8, 4) is 0 Å². The van der Waals surface area contributed by atoms with E-state index in [1.165, 1.54) is 25.7 Å². The van der Waals surface area contributed by atoms with Crippen molar-refractivity contribution in [2.45, 2.75) is 72.6 Å². The third-order valence-corrected chi connectivity index (χ3v) is 7.27. The topological polar surface area (TPSA) is 0 Å². The second kappa shape index (κ2) is 4.61. The second-order valence-electron chi connectivity index (χ2n) is 9.42. The molecule has 3 atom stereocenters. The van der Waals surface area contributed by atoms with Gasteiger partial charge in [0, 0.05) is 0 Å². The molecule has 0 N–H and O–H groups in total. The summed E-state index contributed by atoms with van der Waals surface area (Å²) in [7, 11) is 0. The van der Waals surface area contributed by atoms with E-state index in [4.69, 9.17) is 0 Å². The van der Waals surface area contributed by atoms with E-state index in [0.29, 0.717) is 10.8 Å². The molecule has 0 amide bonds. The average Bonchev–Trinajstić information content (AvgIpc) is 2.71. The highest BCUT2D eigenvalue weighted by Gasteiger charge is 2.60. The molecule has 0 aliphatic heterocycles. The van der Waals surface area contributed by atoms with Gasteiger partial charge in [-0.05, 0) is 64.9 Å². The van der Waals surface area contributed by atoms with Crippen LogP contribution in [0.25, 0.3) is 0 Å². The lowest BCUT2D eigenvalue weighted by molar-refractivity contribution is 0.102. The van der Waals surface area contributed by atoms with Crippen LogP contribution in [0, 0.1) is 22.7 Å². The van der Waals surface area contributed by atoms with Gasteiger partial charge in [-0.25, -0.2) is 0 Å². The maximum absolute atomic E-state index is 2.57. The molecule has 2 aliphatic carbocycles. The molecule has 2 fully saturated rings. The highest BCUT2D eigenvalue weighted by atomic mass is 14.6. The van der Waals surface area contributed by atoms with Crippen LogP contribution >= 0.6 is 0 Å². The summed E-state index contributed by atoms with van der Waals surface area (Å²) < 4.78 is 0. The predicted octanol–water partition coefficient (Wildman–Crippen LogP) is 5.99. The first-order chi connectivity index (χ1) is 9.66. The van der Waals surface area contributed by atoms with Crippen molar-refractivity contribution >= 4 is 0 Å². The largest absolute Gasteiger partial charge is 0.0620 e. The highest BCUT2D eigenvalue weighted by molar-refractivity contribution is 5.34. The minimum absolute atomic E-state index is 0.255. The first-order valence-corrected chi connectivity index (χ1v) is 8.74. The Labute approximate surface area is 131 Å². The Balaban J connectivity index is 1.90. The minimum Gasteiger partial charge on any atom is -0.0620 e. The first-order valence-electron chi connectivity index (χ1n) is 8.74. The van der Waals surface area contributed by atoms with E-state index in [1.54, 1.807) is 11.1 Å². The summed E-state index contributed by atoms with van der Waals surface area (Å²) in [4.78, 5) is 0. The second-order valence-corrected chi connectivity index (χ2v) is 9.42. The van der Waals surface area contributed by atoms with E-state index < -0.39 is 0 Å². The Morgan fingerprint density at radius 2 is 1.76 bits per heavy atom. The molecule has 2 bridgehead atoms. The lowest BCUT2D eigenvalue weighted by atomic mass is 9.65. The van der Waals surface area contributed by atoms with Gasteiger partial charge in [0.15, 0.2) is 0 Å². The molecule has 0 spiro atoms. The first kappa shape index (κ1) is 15.1. The monoisotopic (exact) mass is 284 g/mol. The summed E-state index contributed by atoms with van der Waals surface area (Å²) in [5, 5.41) is 0. The SMILES string of the molecule is CC(C)(C)c1ccccc1CC1CC2CC[C@@]1(C)C2(C)C. The van der Waals surface area contributed by atoms with Gasteiger partial charge in [0.25, 0.3) is 0 Å². The molecule has 0 heterocycles. The van der Waals surface area contributed by atoms with Gasteiger partial charge in [-0.1, -0.05) is 65.8 Å². The third kappa shape index (κ3) is 2.17. The maximum Gasteiger partial charge on any atom is -0.0129 e. The van der Waals surface area contributed by atoms with Crippen molar-refractivity contribution in [2.75, 3.05) is 0 Å².